The Kier molecular flexibility index (Phi) is 6.86. The van der Waals surface area contributed by atoms with Gasteiger partial charge in [0, 0.05) is 31.3 Å². The van der Waals surface area contributed by atoms with Crippen LogP contribution in [-0.4, -0.2) is 43.3 Å². The first-order chi connectivity index (χ1) is 11.5. The van der Waals surface area contributed by atoms with Crippen LogP contribution in [0, 0.1) is 18.8 Å². The molecule has 0 unspecified atom stereocenters. The first-order valence-electron chi connectivity index (χ1n) is 7.96. The van der Waals surface area contributed by atoms with Crippen molar-refractivity contribution in [2.75, 3.05) is 26.4 Å². The van der Waals surface area contributed by atoms with Gasteiger partial charge in [0.1, 0.15) is 5.60 Å². The molecule has 0 bridgehead atoms. The Morgan fingerprint density at radius 1 is 1.28 bits per heavy atom. The van der Waals surface area contributed by atoms with Crippen molar-refractivity contribution in [2.45, 2.75) is 39.7 Å². The largest absolute Gasteiger partial charge is 0.465 e. The number of nitrogens with two attached hydrogens (primary N) is 1. The average Bonchev–Trinajstić information content (AvgIpc) is 2.51. The number of rotatable bonds is 3. The van der Waals surface area contributed by atoms with E-state index in [9.17, 15) is 9.59 Å². The summed E-state index contributed by atoms with van der Waals surface area (Å²) in [6, 6.07) is 3.32. The SMILES string of the molecule is COC(=O)c1cc(N)c(C#CCCN(C)C(=O)OC(C)(C)C)cc1C. The first kappa shape index (κ1) is 20.4. The zero-order chi connectivity index (χ0) is 19.2. The number of hydrogen-bond donors (Lipinski definition) is 1. The van der Waals surface area contributed by atoms with Gasteiger partial charge in [0.2, 0.25) is 0 Å². The second-order valence-corrected chi connectivity index (χ2v) is 6.70. The van der Waals surface area contributed by atoms with E-state index in [1.165, 1.54) is 12.0 Å². The Hall–Kier alpha value is -2.68. The van der Waals surface area contributed by atoms with Crippen molar-refractivity contribution >= 4 is 17.7 Å². The lowest BCUT2D eigenvalue weighted by atomic mass is 10.0. The Labute approximate surface area is 149 Å². The van der Waals surface area contributed by atoms with Gasteiger partial charge >= 0.3 is 12.1 Å². The zero-order valence-electron chi connectivity index (χ0n) is 15.7. The van der Waals surface area contributed by atoms with Crippen LogP contribution < -0.4 is 5.73 Å². The van der Waals surface area contributed by atoms with Crippen molar-refractivity contribution in [3.05, 3.63) is 28.8 Å². The molecule has 0 aliphatic rings. The average molecular weight is 346 g/mol. The van der Waals surface area contributed by atoms with Crippen molar-refractivity contribution in [1.82, 2.24) is 4.90 Å². The normalized spacial score (nSPS) is 10.5. The van der Waals surface area contributed by atoms with E-state index < -0.39 is 11.6 Å². The van der Waals surface area contributed by atoms with Gasteiger partial charge in [-0.2, -0.15) is 0 Å². The summed E-state index contributed by atoms with van der Waals surface area (Å²) in [7, 11) is 2.99. The third-order valence-electron chi connectivity index (χ3n) is 3.30. The lowest BCUT2D eigenvalue weighted by Crippen LogP contribution is -2.34. The predicted octanol–water partition coefficient (Wildman–Crippen LogP) is 2.97. The third-order valence-corrected chi connectivity index (χ3v) is 3.30. The summed E-state index contributed by atoms with van der Waals surface area (Å²) in [5, 5.41) is 0. The van der Waals surface area contributed by atoms with Crippen LogP contribution in [0.3, 0.4) is 0 Å². The fourth-order valence-electron chi connectivity index (χ4n) is 1.98. The standard InChI is InChI=1S/C19H26N2O4/c1-13-11-14(16(20)12-15(13)17(22)24-6)9-7-8-10-21(5)18(23)25-19(2,3)4/h11-12H,8,10,20H2,1-6H3. The maximum absolute atomic E-state index is 11.8. The zero-order valence-corrected chi connectivity index (χ0v) is 15.7. The van der Waals surface area contributed by atoms with Gasteiger partial charge in [-0.15, -0.1) is 0 Å². The molecule has 2 N–H and O–H groups in total. The summed E-state index contributed by atoms with van der Waals surface area (Å²) in [5.74, 6) is 5.53. The van der Waals surface area contributed by atoms with Crippen molar-refractivity contribution in [1.29, 1.82) is 0 Å². The molecule has 0 aliphatic heterocycles. The predicted molar refractivity (Wildman–Crippen MR) is 97.3 cm³/mol. The molecule has 0 fully saturated rings. The molecule has 1 rings (SSSR count). The van der Waals surface area contributed by atoms with Crippen LogP contribution in [0.15, 0.2) is 12.1 Å². The fraction of sp³-hybridized carbons (Fsp3) is 0.474. The molecular weight excluding hydrogens is 320 g/mol. The minimum absolute atomic E-state index is 0.382. The quantitative estimate of drug-likeness (QED) is 0.517. The molecule has 0 atom stereocenters. The fourth-order valence-corrected chi connectivity index (χ4v) is 1.98. The van der Waals surface area contributed by atoms with Gasteiger partial charge in [-0.25, -0.2) is 9.59 Å². The number of carbonyl (C=O) groups excluding carboxylic acids is 2. The van der Waals surface area contributed by atoms with Gasteiger partial charge in [0.15, 0.2) is 0 Å². The van der Waals surface area contributed by atoms with Crippen molar-refractivity contribution in [3.8, 4) is 11.8 Å². The number of amides is 1. The molecule has 6 heteroatoms. The van der Waals surface area contributed by atoms with Crippen LogP contribution in [0.2, 0.25) is 0 Å². The molecule has 0 radical (unpaired) electrons. The molecule has 0 saturated carbocycles. The smallest absolute Gasteiger partial charge is 0.410 e. The van der Waals surface area contributed by atoms with Gasteiger partial charge in [0.25, 0.3) is 0 Å². The molecule has 0 aliphatic carbocycles. The van der Waals surface area contributed by atoms with Gasteiger partial charge in [0.05, 0.1) is 12.7 Å². The summed E-state index contributed by atoms with van der Waals surface area (Å²) in [6.45, 7) is 7.71. The number of anilines is 1. The Bertz CT molecular complexity index is 709. The maximum atomic E-state index is 11.8. The van der Waals surface area contributed by atoms with Crippen LogP contribution in [0.4, 0.5) is 10.5 Å². The van der Waals surface area contributed by atoms with Crippen LogP contribution in [0.25, 0.3) is 0 Å². The monoisotopic (exact) mass is 346 g/mol. The lowest BCUT2D eigenvalue weighted by Gasteiger charge is -2.24. The Morgan fingerprint density at radius 2 is 1.92 bits per heavy atom. The molecule has 1 amide bonds. The highest BCUT2D eigenvalue weighted by molar-refractivity contribution is 5.92. The number of carbonyl (C=O) groups is 2. The number of benzene rings is 1. The molecule has 25 heavy (non-hydrogen) atoms. The van der Waals surface area contributed by atoms with E-state index in [-0.39, 0.29) is 6.09 Å². The van der Waals surface area contributed by atoms with Crippen molar-refractivity contribution < 1.29 is 19.1 Å². The molecular formula is C19H26N2O4. The highest BCUT2D eigenvalue weighted by Crippen LogP contribution is 2.18. The maximum Gasteiger partial charge on any atom is 0.410 e. The number of nitrogens with zero attached hydrogens (tertiary/aromatic N) is 1. The second-order valence-electron chi connectivity index (χ2n) is 6.70. The van der Waals surface area contributed by atoms with Gasteiger partial charge in [-0.05, 0) is 45.4 Å². The van der Waals surface area contributed by atoms with Crippen LogP contribution in [0.5, 0.6) is 0 Å². The molecule has 1 aromatic rings. The van der Waals surface area contributed by atoms with E-state index in [2.05, 4.69) is 11.8 Å². The molecule has 0 heterocycles. The van der Waals surface area contributed by atoms with E-state index in [0.29, 0.717) is 29.8 Å². The summed E-state index contributed by atoms with van der Waals surface area (Å²) in [5.41, 5.74) is 7.66. The number of aryl methyl sites for hydroxylation is 1. The lowest BCUT2D eigenvalue weighted by molar-refractivity contribution is 0.0302. The minimum atomic E-state index is -0.523. The summed E-state index contributed by atoms with van der Waals surface area (Å²) >= 11 is 0. The molecule has 0 saturated heterocycles. The van der Waals surface area contributed by atoms with E-state index in [4.69, 9.17) is 15.2 Å². The summed E-state index contributed by atoms with van der Waals surface area (Å²) in [6.07, 6.45) is 0.0968. The van der Waals surface area contributed by atoms with Crippen molar-refractivity contribution in [2.24, 2.45) is 0 Å². The van der Waals surface area contributed by atoms with E-state index in [0.717, 1.165) is 5.56 Å². The van der Waals surface area contributed by atoms with Crippen LogP contribution in [0.1, 0.15) is 48.7 Å². The number of methoxy groups -OCH3 is 1. The molecule has 1 aromatic carbocycles. The van der Waals surface area contributed by atoms with Crippen LogP contribution >= 0.6 is 0 Å². The number of hydrogen-bond acceptors (Lipinski definition) is 5. The van der Waals surface area contributed by atoms with Crippen molar-refractivity contribution in [3.63, 3.8) is 0 Å². The minimum Gasteiger partial charge on any atom is -0.465 e. The molecule has 0 spiro atoms. The van der Waals surface area contributed by atoms with E-state index in [1.807, 2.05) is 20.8 Å². The van der Waals surface area contributed by atoms with Gasteiger partial charge < -0.3 is 20.1 Å². The Morgan fingerprint density at radius 3 is 2.48 bits per heavy atom. The van der Waals surface area contributed by atoms with E-state index in [1.54, 1.807) is 26.1 Å². The van der Waals surface area contributed by atoms with Gasteiger partial charge in [-0.3, -0.25) is 0 Å². The Balaban J connectivity index is 2.72. The number of ether oxygens (including phenoxy) is 2. The van der Waals surface area contributed by atoms with Gasteiger partial charge in [-0.1, -0.05) is 11.8 Å². The second kappa shape index (κ2) is 8.43. The third kappa shape index (κ3) is 6.38. The molecule has 136 valence electrons. The summed E-state index contributed by atoms with van der Waals surface area (Å²) in [4.78, 5) is 25.0. The number of esters is 1. The molecule has 0 aromatic heterocycles. The number of nitrogen functional groups attached to an aromatic ring is 1. The van der Waals surface area contributed by atoms with E-state index >= 15 is 0 Å². The van der Waals surface area contributed by atoms with Crippen LogP contribution in [-0.2, 0) is 9.47 Å². The first-order valence-corrected chi connectivity index (χ1v) is 7.96. The highest BCUT2D eigenvalue weighted by atomic mass is 16.6. The molecule has 6 nitrogen and oxygen atoms in total. The highest BCUT2D eigenvalue weighted by Gasteiger charge is 2.18. The summed E-state index contributed by atoms with van der Waals surface area (Å²) < 4.78 is 9.98. The topological polar surface area (TPSA) is 81.9 Å².